The van der Waals surface area contributed by atoms with Crippen LogP contribution in [0.3, 0.4) is 0 Å². The molecule has 2 nitrogen and oxygen atoms in total. The van der Waals surface area contributed by atoms with Gasteiger partial charge in [-0.15, -0.1) is 0 Å². The maximum Gasteiger partial charge on any atom is 0.0858 e. The van der Waals surface area contributed by atoms with E-state index in [0.717, 1.165) is 5.92 Å². The molecule has 3 rings (SSSR count). The van der Waals surface area contributed by atoms with Gasteiger partial charge < -0.3 is 0 Å². The summed E-state index contributed by atoms with van der Waals surface area (Å²) in [5.74, 6) is 0.839. The van der Waals surface area contributed by atoms with Crippen molar-refractivity contribution in [2.24, 2.45) is 5.92 Å². The minimum atomic E-state index is 0.548. The Balaban J connectivity index is 1.77. The fraction of sp³-hybridized carbons (Fsp3) is 0.833. The van der Waals surface area contributed by atoms with Gasteiger partial charge in [-0.25, -0.2) is 4.72 Å². The maximum atomic E-state index is 3.87. The molecule has 21 heavy (non-hydrogen) atoms. The van der Waals surface area contributed by atoms with Gasteiger partial charge >= 0.3 is 0 Å². The number of fused-ring (bicyclic) bond motifs is 1. The van der Waals surface area contributed by atoms with Crippen LogP contribution in [-0.2, 0) is 0 Å². The Bertz CT molecular complexity index is 419. The molecular formula is C18H30N2S. The summed E-state index contributed by atoms with van der Waals surface area (Å²) >= 11 is 1.83. The number of nitrogens with one attached hydrogen (secondary N) is 1. The molecule has 0 aromatic heterocycles. The molecular weight excluding hydrogens is 276 g/mol. The van der Waals surface area contributed by atoms with E-state index >= 15 is 0 Å². The number of rotatable bonds is 5. The normalized spacial score (nSPS) is 28.1. The molecule has 2 aliphatic carbocycles. The first-order chi connectivity index (χ1) is 10.3. The van der Waals surface area contributed by atoms with Crippen molar-refractivity contribution in [3.8, 4) is 0 Å². The number of hydrogen-bond donors (Lipinski definition) is 1. The highest BCUT2D eigenvalue weighted by Gasteiger charge is 2.34. The molecule has 1 saturated carbocycles. The Labute approximate surface area is 134 Å². The molecule has 1 N–H and O–H groups in total. The molecule has 0 amide bonds. The summed E-state index contributed by atoms with van der Waals surface area (Å²) in [5, 5.41) is 0. The van der Waals surface area contributed by atoms with Crippen LogP contribution in [0.4, 0.5) is 0 Å². The molecule has 1 heterocycles. The number of nitrogens with zero attached hydrogens (tertiary/aromatic N) is 1. The predicted molar refractivity (Wildman–Crippen MR) is 91.7 cm³/mol. The molecule has 0 bridgehead atoms. The van der Waals surface area contributed by atoms with Crippen molar-refractivity contribution >= 4 is 12.1 Å². The van der Waals surface area contributed by atoms with Crippen LogP contribution in [0, 0.1) is 5.92 Å². The van der Waals surface area contributed by atoms with E-state index in [1.54, 1.807) is 5.57 Å². The highest BCUT2D eigenvalue weighted by Crippen LogP contribution is 2.39. The van der Waals surface area contributed by atoms with E-state index in [0.29, 0.717) is 12.1 Å². The lowest BCUT2D eigenvalue weighted by molar-refractivity contribution is 0.372. The van der Waals surface area contributed by atoms with E-state index in [9.17, 15) is 0 Å². The third kappa shape index (κ3) is 3.52. The second-order valence-corrected chi connectivity index (χ2v) is 7.80. The highest BCUT2D eigenvalue weighted by atomic mass is 32.2. The lowest BCUT2D eigenvalue weighted by Gasteiger charge is -2.29. The molecule has 1 unspecified atom stereocenters. The predicted octanol–water partition coefficient (Wildman–Crippen LogP) is 5.19. The lowest BCUT2D eigenvalue weighted by Crippen LogP contribution is -2.28. The standard InChI is InChI=1S/C18H30N2S/c1-3-4-8-14(2)20-18-13-16(11-12-17(18)19-21-20)15-9-6-5-7-10-15/h14-15,17,19H,3-12H2,1-2H3/t14-,17?/m0/s1. The smallest absolute Gasteiger partial charge is 0.0858 e. The second kappa shape index (κ2) is 7.26. The number of hydrogen-bond acceptors (Lipinski definition) is 3. The summed E-state index contributed by atoms with van der Waals surface area (Å²) in [4.78, 5) is 0. The Morgan fingerprint density at radius 3 is 2.86 bits per heavy atom. The largest absolute Gasteiger partial charge is 0.296 e. The van der Waals surface area contributed by atoms with Crippen molar-refractivity contribution in [3.63, 3.8) is 0 Å². The van der Waals surface area contributed by atoms with E-state index in [2.05, 4.69) is 28.6 Å². The molecule has 0 aromatic rings. The third-order valence-electron chi connectivity index (χ3n) is 5.33. The van der Waals surface area contributed by atoms with E-state index in [1.807, 2.05) is 12.1 Å². The van der Waals surface area contributed by atoms with Gasteiger partial charge in [0.25, 0.3) is 0 Å². The Morgan fingerprint density at radius 1 is 1.29 bits per heavy atom. The summed E-state index contributed by atoms with van der Waals surface area (Å²) in [7, 11) is 0. The van der Waals surface area contributed by atoms with Crippen LogP contribution in [-0.4, -0.2) is 16.4 Å². The summed E-state index contributed by atoms with van der Waals surface area (Å²) in [6.45, 7) is 4.65. The molecule has 3 aliphatic rings. The average Bonchev–Trinajstić information content (AvgIpc) is 2.96. The van der Waals surface area contributed by atoms with Crippen LogP contribution in [0.1, 0.15) is 78.1 Å². The van der Waals surface area contributed by atoms with Gasteiger partial charge in [0.2, 0.25) is 0 Å². The SMILES string of the molecule is CCCC[C@H](C)N1SNC2CCC(C3CCCCC3)=C=C21. The van der Waals surface area contributed by atoms with Gasteiger partial charge in [0, 0.05) is 18.2 Å². The minimum absolute atomic E-state index is 0.548. The van der Waals surface area contributed by atoms with Gasteiger partial charge in [-0.3, -0.25) is 4.31 Å². The van der Waals surface area contributed by atoms with Crippen molar-refractivity contribution in [1.29, 1.82) is 0 Å². The second-order valence-electron chi connectivity index (χ2n) is 6.99. The van der Waals surface area contributed by atoms with Crippen molar-refractivity contribution in [2.45, 2.75) is 90.1 Å². The Hall–Kier alpha value is -0.370. The molecule has 118 valence electrons. The average molecular weight is 307 g/mol. The zero-order chi connectivity index (χ0) is 14.7. The molecule has 0 radical (unpaired) electrons. The van der Waals surface area contributed by atoms with Gasteiger partial charge in [0.15, 0.2) is 0 Å². The zero-order valence-electron chi connectivity index (χ0n) is 13.7. The number of unbranched alkanes of at least 4 members (excludes halogenated alkanes) is 1. The van der Waals surface area contributed by atoms with Crippen LogP contribution in [0.5, 0.6) is 0 Å². The van der Waals surface area contributed by atoms with Gasteiger partial charge in [-0.05, 0) is 50.5 Å². The molecule has 2 fully saturated rings. The maximum absolute atomic E-state index is 3.87. The van der Waals surface area contributed by atoms with Gasteiger partial charge in [-0.2, -0.15) is 0 Å². The van der Waals surface area contributed by atoms with Crippen molar-refractivity contribution < 1.29 is 0 Å². The zero-order valence-corrected chi connectivity index (χ0v) is 14.5. The topological polar surface area (TPSA) is 15.3 Å². The molecule has 0 aromatic carbocycles. The van der Waals surface area contributed by atoms with Gasteiger partial charge in [0.05, 0.1) is 11.7 Å². The summed E-state index contributed by atoms with van der Waals surface area (Å²) in [5.41, 5.74) is 6.96. The van der Waals surface area contributed by atoms with Crippen molar-refractivity contribution in [3.05, 3.63) is 17.0 Å². The van der Waals surface area contributed by atoms with E-state index < -0.39 is 0 Å². The molecule has 1 saturated heterocycles. The Morgan fingerprint density at radius 2 is 2.10 bits per heavy atom. The van der Waals surface area contributed by atoms with E-state index in [4.69, 9.17) is 0 Å². The molecule has 0 spiro atoms. The van der Waals surface area contributed by atoms with Crippen LogP contribution in [0.15, 0.2) is 17.0 Å². The first-order valence-corrected chi connectivity index (χ1v) is 9.78. The van der Waals surface area contributed by atoms with E-state index in [-0.39, 0.29) is 0 Å². The van der Waals surface area contributed by atoms with Crippen LogP contribution >= 0.6 is 12.1 Å². The Kier molecular flexibility index (Phi) is 5.37. The van der Waals surface area contributed by atoms with Crippen molar-refractivity contribution in [2.75, 3.05) is 0 Å². The minimum Gasteiger partial charge on any atom is -0.296 e. The first-order valence-electron chi connectivity index (χ1n) is 9.01. The van der Waals surface area contributed by atoms with Gasteiger partial charge in [-0.1, -0.05) is 44.8 Å². The first kappa shape index (κ1) is 15.5. The fourth-order valence-corrected chi connectivity index (χ4v) is 4.97. The lowest BCUT2D eigenvalue weighted by atomic mass is 9.80. The fourth-order valence-electron chi connectivity index (χ4n) is 3.95. The monoisotopic (exact) mass is 306 g/mol. The van der Waals surface area contributed by atoms with Gasteiger partial charge in [0.1, 0.15) is 0 Å². The highest BCUT2D eigenvalue weighted by molar-refractivity contribution is 7.95. The van der Waals surface area contributed by atoms with Crippen molar-refractivity contribution in [1.82, 2.24) is 9.03 Å². The molecule has 1 aliphatic heterocycles. The molecule has 3 heteroatoms. The summed E-state index contributed by atoms with van der Waals surface area (Å²) < 4.78 is 6.14. The summed E-state index contributed by atoms with van der Waals surface area (Å²) in [6.07, 6.45) is 13.6. The molecule has 2 atom stereocenters. The van der Waals surface area contributed by atoms with E-state index in [1.165, 1.54) is 69.9 Å². The summed E-state index contributed by atoms with van der Waals surface area (Å²) in [6, 6.07) is 1.17. The van der Waals surface area contributed by atoms with Crippen LogP contribution in [0.25, 0.3) is 0 Å². The van der Waals surface area contributed by atoms with Crippen LogP contribution in [0.2, 0.25) is 0 Å². The third-order valence-corrected chi connectivity index (χ3v) is 6.47. The quantitative estimate of drug-likeness (QED) is 0.556. The van der Waals surface area contributed by atoms with Crippen LogP contribution < -0.4 is 4.72 Å².